The van der Waals surface area contributed by atoms with Gasteiger partial charge in [0, 0.05) is 11.6 Å². The number of halogens is 1. The van der Waals surface area contributed by atoms with Crippen LogP contribution >= 0.6 is 11.6 Å². The van der Waals surface area contributed by atoms with Crippen LogP contribution in [0.2, 0.25) is 5.02 Å². The summed E-state index contributed by atoms with van der Waals surface area (Å²) in [6.07, 6.45) is -0.630. The first-order valence-corrected chi connectivity index (χ1v) is 5.98. The molecule has 3 nitrogen and oxygen atoms in total. The van der Waals surface area contributed by atoms with Gasteiger partial charge in [-0.15, -0.1) is 0 Å². The van der Waals surface area contributed by atoms with Crippen molar-refractivity contribution >= 4 is 11.6 Å². The highest BCUT2D eigenvalue weighted by atomic mass is 35.5. The molecule has 0 spiro atoms. The molecule has 0 saturated heterocycles. The molecule has 2 rings (SSSR count). The first-order chi connectivity index (χ1) is 8.69. The molecule has 1 atom stereocenters. The zero-order valence-electron chi connectivity index (χ0n) is 9.71. The minimum Gasteiger partial charge on any atom is -0.457 e. The summed E-state index contributed by atoms with van der Waals surface area (Å²) in [5.74, 6) is 1.41. The second-order valence-corrected chi connectivity index (χ2v) is 4.31. The van der Waals surface area contributed by atoms with E-state index in [1.807, 2.05) is 0 Å². The van der Waals surface area contributed by atoms with Crippen molar-refractivity contribution in [1.82, 2.24) is 0 Å². The number of aliphatic hydroxyl groups is 1. The van der Waals surface area contributed by atoms with Crippen LogP contribution in [0.15, 0.2) is 48.5 Å². The van der Waals surface area contributed by atoms with Gasteiger partial charge in [-0.1, -0.05) is 23.7 Å². The van der Waals surface area contributed by atoms with E-state index in [2.05, 4.69) is 0 Å². The Kier molecular flexibility index (Phi) is 4.20. The van der Waals surface area contributed by atoms with Gasteiger partial charge in [-0.25, -0.2) is 0 Å². The van der Waals surface area contributed by atoms with Crippen molar-refractivity contribution in [3.63, 3.8) is 0 Å². The molecule has 0 radical (unpaired) electrons. The molecule has 0 aliphatic rings. The van der Waals surface area contributed by atoms with Crippen LogP contribution in [0.25, 0.3) is 0 Å². The number of benzene rings is 2. The quantitative estimate of drug-likeness (QED) is 0.891. The van der Waals surface area contributed by atoms with Crippen LogP contribution in [0.4, 0.5) is 0 Å². The predicted octanol–water partition coefficient (Wildman–Crippen LogP) is 3.12. The van der Waals surface area contributed by atoms with Crippen molar-refractivity contribution in [2.75, 3.05) is 6.54 Å². The minimum atomic E-state index is -0.630. The predicted molar refractivity (Wildman–Crippen MR) is 72.0 cm³/mol. The fourth-order valence-electron chi connectivity index (χ4n) is 1.53. The molecule has 0 saturated carbocycles. The molecule has 0 bridgehead atoms. The van der Waals surface area contributed by atoms with E-state index in [-0.39, 0.29) is 6.54 Å². The fourth-order valence-corrected chi connectivity index (χ4v) is 1.66. The largest absolute Gasteiger partial charge is 0.457 e. The Hall–Kier alpha value is -1.55. The van der Waals surface area contributed by atoms with Gasteiger partial charge in [0.1, 0.15) is 11.5 Å². The average molecular weight is 264 g/mol. The van der Waals surface area contributed by atoms with Gasteiger partial charge in [0.2, 0.25) is 0 Å². The van der Waals surface area contributed by atoms with Crippen LogP contribution in [0.1, 0.15) is 11.7 Å². The summed E-state index contributed by atoms with van der Waals surface area (Å²) in [5, 5.41) is 10.2. The Morgan fingerprint density at radius 2 is 1.50 bits per heavy atom. The third kappa shape index (κ3) is 3.23. The first-order valence-electron chi connectivity index (χ1n) is 5.60. The summed E-state index contributed by atoms with van der Waals surface area (Å²) < 4.78 is 5.63. The normalized spacial score (nSPS) is 12.2. The Morgan fingerprint density at radius 1 is 1.00 bits per heavy atom. The van der Waals surface area contributed by atoms with Crippen LogP contribution in [-0.2, 0) is 0 Å². The van der Waals surface area contributed by atoms with Gasteiger partial charge in [-0.2, -0.15) is 0 Å². The highest BCUT2D eigenvalue weighted by Gasteiger charge is 2.05. The number of hydrogen-bond acceptors (Lipinski definition) is 3. The molecule has 18 heavy (non-hydrogen) atoms. The summed E-state index contributed by atoms with van der Waals surface area (Å²) in [6.45, 7) is 0.206. The highest BCUT2D eigenvalue weighted by Crippen LogP contribution is 2.24. The van der Waals surface area contributed by atoms with E-state index >= 15 is 0 Å². The average Bonchev–Trinajstić information content (AvgIpc) is 2.41. The second kappa shape index (κ2) is 5.87. The molecule has 94 valence electrons. The van der Waals surface area contributed by atoms with E-state index in [0.29, 0.717) is 16.5 Å². The molecule has 0 fully saturated rings. The maximum absolute atomic E-state index is 9.56. The molecule has 0 aliphatic carbocycles. The van der Waals surface area contributed by atoms with Gasteiger partial charge in [0.15, 0.2) is 0 Å². The number of ether oxygens (including phenoxy) is 1. The van der Waals surface area contributed by atoms with Crippen LogP contribution in [-0.4, -0.2) is 11.7 Å². The summed E-state index contributed by atoms with van der Waals surface area (Å²) in [7, 11) is 0. The Bertz CT molecular complexity index is 496. The molecule has 0 amide bonds. The Labute approximate surface area is 111 Å². The topological polar surface area (TPSA) is 55.5 Å². The smallest absolute Gasteiger partial charge is 0.127 e. The van der Waals surface area contributed by atoms with Gasteiger partial charge >= 0.3 is 0 Å². The summed E-state index contributed by atoms with van der Waals surface area (Å²) >= 11 is 5.79. The minimum absolute atomic E-state index is 0.206. The van der Waals surface area contributed by atoms with Crippen molar-refractivity contribution in [1.29, 1.82) is 0 Å². The SMILES string of the molecule is NCC(O)c1ccc(Oc2ccc(Cl)cc2)cc1. The summed E-state index contributed by atoms with van der Waals surface area (Å²) in [5.41, 5.74) is 6.16. The molecular weight excluding hydrogens is 250 g/mol. The van der Waals surface area contributed by atoms with E-state index in [4.69, 9.17) is 22.1 Å². The van der Waals surface area contributed by atoms with E-state index in [1.54, 1.807) is 48.5 Å². The number of nitrogens with two attached hydrogens (primary N) is 1. The Balaban J connectivity index is 2.08. The molecular formula is C14H14ClNO2. The second-order valence-electron chi connectivity index (χ2n) is 3.88. The molecule has 2 aromatic carbocycles. The van der Waals surface area contributed by atoms with E-state index in [1.165, 1.54) is 0 Å². The third-order valence-electron chi connectivity index (χ3n) is 2.54. The lowest BCUT2D eigenvalue weighted by molar-refractivity contribution is 0.186. The first kappa shape index (κ1) is 12.9. The lowest BCUT2D eigenvalue weighted by atomic mass is 10.1. The van der Waals surface area contributed by atoms with Crippen LogP contribution in [0, 0.1) is 0 Å². The highest BCUT2D eigenvalue weighted by molar-refractivity contribution is 6.30. The third-order valence-corrected chi connectivity index (χ3v) is 2.79. The van der Waals surface area contributed by atoms with E-state index < -0.39 is 6.10 Å². The van der Waals surface area contributed by atoms with Gasteiger partial charge in [0.05, 0.1) is 6.10 Å². The molecule has 0 heterocycles. The standard InChI is InChI=1S/C14H14ClNO2/c15-11-3-7-13(8-4-11)18-12-5-1-10(2-6-12)14(17)9-16/h1-8,14,17H,9,16H2. The van der Waals surface area contributed by atoms with Crippen LogP contribution < -0.4 is 10.5 Å². The summed E-state index contributed by atoms with van der Waals surface area (Å²) in [6, 6.07) is 14.3. The molecule has 3 N–H and O–H groups in total. The van der Waals surface area contributed by atoms with Gasteiger partial charge < -0.3 is 15.6 Å². The monoisotopic (exact) mass is 263 g/mol. The van der Waals surface area contributed by atoms with Crippen LogP contribution in [0.5, 0.6) is 11.5 Å². The fraction of sp³-hybridized carbons (Fsp3) is 0.143. The molecule has 0 aliphatic heterocycles. The van der Waals surface area contributed by atoms with Crippen molar-refractivity contribution in [3.05, 3.63) is 59.1 Å². The van der Waals surface area contributed by atoms with Gasteiger partial charge in [-0.3, -0.25) is 0 Å². The Morgan fingerprint density at radius 3 is 2.00 bits per heavy atom. The zero-order chi connectivity index (χ0) is 13.0. The lowest BCUT2D eigenvalue weighted by Gasteiger charge is -2.10. The van der Waals surface area contributed by atoms with Gasteiger partial charge in [0.25, 0.3) is 0 Å². The van der Waals surface area contributed by atoms with Crippen molar-refractivity contribution in [3.8, 4) is 11.5 Å². The van der Waals surface area contributed by atoms with Crippen LogP contribution in [0.3, 0.4) is 0 Å². The van der Waals surface area contributed by atoms with Crippen molar-refractivity contribution in [2.45, 2.75) is 6.10 Å². The summed E-state index contributed by atoms with van der Waals surface area (Å²) in [4.78, 5) is 0. The molecule has 1 unspecified atom stereocenters. The lowest BCUT2D eigenvalue weighted by Crippen LogP contribution is -2.11. The maximum atomic E-state index is 9.56. The molecule has 4 heteroatoms. The van der Waals surface area contributed by atoms with Crippen molar-refractivity contribution in [2.24, 2.45) is 5.73 Å². The zero-order valence-corrected chi connectivity index (χ0v) is 10.5. The number of aliphatic hydroxyl groups excluding tert-OH is 1. The van der Waals surface area contributed by atoms with Gasteiger partial charge in [-0.05, 0) is 42.0 Å². The number of rotatable bonds is 4. The number of hydrogen-bond donors (Lipinski definition) is 2. The van der Waals surface area contributed by atoms with Crippen molar-refractivity contribution < 1.29 is 9.84 Å². The molecule has 2 aromatic rings. The van der Waals surface area contributed by atoms with E-state index in [9.17, 15) is 5.11 Å². The molecule has 0 aromatic heterocycles. The van der Waals surface area contributed by atoms with E-state index in [0.717, 1.165) is 5.56 Å². The maximum Gasteiger partial charge on any atom is 0.127 e.